The SMILES string of the molecule is CN(C)CCNc1nc(Nc2cccc(S(N)(=O)=O)c2)nc2ccccc12. The minimum Gasteiger partial charge on any atom is -0.368 e. The molecule has 0 aliphatic carbocycles. The van der Waals surface area contributed by atoms with Crippen molar-refractivity contribution in [1.82, 2.24) is 14.9 Å². The highest BCUT2D eigenvalue weighted by atomic mass is 32.2. The zero-order valence-electron chi connectivity index (χ0n) is 15.2. The summed E-state index contributed by atoms with van der Waals surface area (Å²) in [6, 6.07) is 13.9. The summed E-state index contributed by atoms with van der Waals surface area (Å²) in [5.74, 6) is 1.08. The van der Waals surface area contributed by atoms with E-state index in [-0.39, 0.29) is 4.90 Å². The minimum absolute atomic E-state index is 0.0256. The molecule has 2 aromatic carbocycles. The summed E-state index contributed by atoms with van der Waals surface area (Å²) in [6.07, 6.45) is 0. The maximum absolute atomic E-state index is 11.5. The van der Waals surface area contributed by atoms with Crippen LogP contribution in [0.1, 0.15) is 0 Å². The summed E-state index contributed by atoms with van der Waals surface area (Å²) in [5.41, 5.74) is 1.32. The third kappa shape index (κ3) is 4.91. The van der Waals surface area contributed by atoms with E-state index in [4.69, 9.17) is 5.14 Å². The Morgan fingerprint density at radius 1 is 1.07 bits per heavy atom. The molecule has 0 aliphatic heterocycles. The van der Waals surface area contributed by atoms with Crippen molar-refractivity contribution < 1.29 is 8.42 Å². The van der Waals surface area contributed by atoms with Gasteiger partial charge in [-0.1, -0.05) is 18.2 Å². The maximum atomic E-state index is 11.5. The zero-order chi connectivity index (χ0) is 19.4. The first-order chi connectivity index (χ1) is 12.8. The second-order valence-electron chi connectivity index (χ2n) is 6.34. The molecular weight excluding hydrogens is 364 g/mol. The van der Waals surface area contributed by atoms with Gasteiger partial charge in [-0.3, -0.25) is 0 Å². The molecule has 0 spiro atoms. The molecule has 4 N–H and O–H groups in total. The van der Waals surface area contributed by atoms with Gasteiger partial charge in [0.05, 0.1) is 10.4 Å². The van der Waals surface area contributed by atoms with Crippen LogP contribution >= 0.6 is 0 Å². The topological polar surface area (TPSA) is 113 Å². The van der Waals surface area contributed by atoms with Crippen molar-refractivity contribution in [1.29, 1.82) is 0 Å². The van der Waals surface area contributed by atoms with E-state index in [1.807, 2.05) is 38.4 Å². The summed E-state index contributed by atoms with van der Waals surface area (Å²) in [5, 5.41) is 12.5. The predicted octanol–water partition coefficient (Wildman–Crippen LogP) is 1.99. The van der Waals surface area contributed by atoms with Gasteiger partial charge < -0.3 is 15.5 Å². The molecule has 0 unspecified atom stereocenters. The molecule has 3 aromatic rings. The van der Waals surface area contributed by atoms with E-state index in [9.17, 15) is 8.42 Å². The lowest BCUT2D eigenvalue weighted by molar-refractivity contribution is 0.425. The lowest BCUT2D eigenvalue weighted by Crippen LogP contribution is -2.21. The van der Waals surface area contributed by atoms with Crippen LogP contribution in [0.2, 0.25) is 0 Å². The van der Waals surface area contributed by atoms with E-state index in [0.29, 0.717) is 17.5 Å². The Balaban J connectivity index is 1.93. The first-order valence-electron chi connectivity index (χ1n) is 8.38. The fourth-order valence-corrected chi connectivity index (χ4v) is 3.10. The molecule has 0 aliphatic rings. The van der Waals surface area contributed by atoms with Crippen molar-refractivity contribution in [3.63, 3.8) is 0 Å². The van der Waals surface area contributed by atoms with E-state index >= 15 is 0 Å². The van der Waals surface area contributed by atoms with E-state index in [1.54, 1.807) is 12.1 Å². The normalized spacial score (nSPS) is 11.7. The summed E-state index contributed by atoms with van der Waals surface area (Å²) >= 11 is 0. The smallest absolute Gasteiger partial charge is 0.238 e. The molecule has 27 heavy (non-hydrogen) atoms. The lowest BCUT2D eigenvalue weighted by Gasteiger charge is -2.14. The van der Waals surface area contributed by atoms with E-state index in [2.05, 4.69) is 25.5 Å². The van der Waals surface area contributed by atoms with Crippen LogP contribution in [0.3, 0.4) is 0 Å². The fraction of sp³-hybridized carbons (Fsp3) is 0.222. The Morgan fingerprint density at radius 2 is 1.85 bits per heavy atom. The Hall–Kier alpha value is -2.75. The number of likely N-dealkylation sites (N-methyl/N-ethyl adjacent to an activating group) is 1. The zero-order valence-corrected chi connectivity index (χ0v) is 16.0. The first kappa shape index (κ1) is 19.0. The largest absolute Gasteiger partial charge is 0.368 e. The number of nitrogens with two attached hydrogens (primary N) is 1. The van der Waals surface area contributed by atoms with Gasteiger partial charge in [0.1, 0.15) is 5.82 Å². The van der Waals surface area contributed by atoms with Crippen LogP contribution < -0.4 is 15.8 Å². The number of hydrogen-bond acceptors (Lipinski definition) is 7. The van der Waals surface area contributed by atoms with Gasteiger partial charge in [-0.15, -0.1) is 0 Å². The summed E-state index contributed by atoms with van der Waals surface area (Å²) < 4.78 is 23.1. The number of nitrogens with zero attached hydrogens (tertiary/aromatic N) is 3. The fourth-order valence-electron chi connectivity index (χ4n) is 2.55. The number of rotatable bonds is 7. The maximum Gasteiger partial charge on any atom is 0.238 e. The second-order valence-corrected chi connectivity index (χ2v) is 7.90. The monoisotopic (exact) mass is 386 g/mol. The van der Waals surface area contributed by atoms with Crippen molar-refractivity contribution in [2.24, 2.45) is 5.14 Å². The highest BCUT2D eigenvalue weighted by Crippen LogP contribution is 2.24. The van der Waals surface area contributed by atoms with E-state index in [0.717, 1.165) is 24.0 Å². The van der Waals surface area contributed by atoms with Crippen molar-refractivity contribution >= 4 is 38.4 Å². The van der Waals surface area contributed by atoms with Crippen LogP contribution in [0.4, 0.5) is 17.5 Å². The number of para-hydroxylation sites is 1. The number of aromatic nitrogens is 2. The highest BCUT2D eigenvalue weighted by Gasteiger charge is 2.11. The van der Waals surface area contributed by atoms with Crippen LogP contribution in [0.25, 0.3) is 10.9 Å². The van der Waals surface area contributed by atoms with Crippen LogP contribution in [0.15, 0.2) is 53.4 Å². The average Bonchev–Trinajstić information content (AvgIpc) is 2.61. The predicted molar refractivity (Wildman–Crippen MR) is 108 cm³/mol. The quantitative estimate of drug-likeness (QED) is 0.569. The number of hydrogen-bond donors (Lipinski definition) is 3. The number of nitrogens with one attached hydrogen (secondary N) is 2. The molecule has 1 heterocycles. The van der Waals surface area contributed by atoms with Gasteiger partial charge in [-0.25, -0.2) is 18.5 Å². The average molecular weight is 386 g/mol. The molecule has 0 saturated heterocycles. The van der Waals surface area contributed by atoms with Gasteiger partial charge in [0, 0.05) is 24.2 Å². The second kappa shape index (κ2) is 7.87. The first-order valence-corrected chi connectivity index (χ1v) is 9.93. The third-order valence-corrected chi connectivity index (χ3v) is 4.78. The van der Waals surface area contributed by atoms with Gasteiger partial charge in [-0.2, -0.15) is 4.98 Å². The molecule has 0 fully saturated rings. The summed E-state index contributed by atoms with van der Waals surface area (Å²) in [7, 11) is 0.232. The minimum atomic E-state index is -3.78. The molecule has 9 heteroatoms. The summed E-state index contributed by atoms with van der Waals surface area (Å²) in [4.78, 5) is 11.2. The number of primary sulfonamides is 1. The van der Waals surface area contributed by atoms with E-state index in [1.165, 1.54) is 12.1 Å². The van der Waals surface area contributed by atoms with Crippen molar-refractivity contribution in [2.45, 2.75) is 4.90 Å². The van der Waals surface area contributed by atoms with Crippen LogP contribution in [-0.4, -0.2) is 50.5 Å². The molecule has 0 atom stereocenters. The Kier molecular flexibility index (Phi) is 5.54. The van der Waals surface area contributed by atoms with Crippen molar-refractivity contribution in [3.8, 4) is 0 Å². The van der Waals surface area contributed by atoms with Gasteiger partial charge in [0.25, 0.3) is 0 Å². The Labute approximate surface area is 158 Å². The summed E-state index contributed by atoms with van der Waals surface area (Å²) in [6.45, 7) is 1.59. The molecule has 8 nitrogen and oxygen atoms in total. The Bertz CT molecular complexity index is 1050. The Morgan fingerprint density at radius 3 is 2.59 bits per heavy atom. The van der Waals surface area contributed by atoms with Gasteiger partial charge in [0.2, 0.25) is 16.0 Å². The number of fused-ring (bicyclic) bond motifs is 1. The molecule has 3 rings (SSSR count). The number of benzene rings is 2. The third-order valence-electron chi connectivity index (χ3n) is 3.87. The highest BCUT2D eigenvalue weighted by molar-refractivity contribution is 7.89. The lowest BCUT2D eigenvalue weighted by atomic mass is 10.2. The molecule has 142 valence electrons. The molecule has 0 saturated carbocycles. The van der Waals surface area contributed by atoms with Crippen LogP contribution in [-0.2, 0) is 10.0 Å². The van der Waals surface area contributed by atoms with Gasteiger partial charge in [-0.05, 0) is 44.4 Å². The van der Waals surface area contributed by atoms with E-state index < -0.39 is 10.0 Å². The standard InChI is InChI=1S/C18H22N6O2S/c1-24(2)11-10-20-17-15-8-3-4-9-16(15)22-18(23-17)21-13-6-5-7-14(12-13)27(19,25)26/h3-9,12H,10-11H2,1-2H3,(H2,19,25,26)(H2,20,21,22,23). The number of sulfonamides is 1. The molecule has 0 radical (unpaired) electrons. The van der Waals surface area contributed by atoms with Gasteiger partial charge in [0.15, 0.2) is 0 Å². The molecule has 1 aromatic heterocycles. The number of anilines is 3. The molecule has 0 bridgehead atoms. The molecule has 0 amide bonds. The molecular formula is C18H22N6O2S. The van der Waals surface area contributed by atoms with Crippen molar-refractivity contribution in [2.75, 3.05) is 37.8 Å². The van der Waals surface area contributed by atoms with Gasteiger partial charge >= 0.3 is 0 Å². The van der Waals surface area contributed by atoms with Crippen LogP contribution in [0.5, 0.6) is 0 Å². The van der Waals surface area contributed by atoms with Crippen molar-refractivity contribution in [3.05, 3.63) is 48.5 Å². The van der Waals surface area contributed by atoms with Crippen LogP contribution in [0, 0.1) is 0 Å².